The van der Waals surface area contributed by atoms with Crippen LogP contribution in [0.25, 0.3) is 0 Å². The van der Waals surface area contributed by atoms with Crippen molar-refractivity contribution >= 4 is 10.0 Å². The van der Waals surface area contributed by atoms with Crippen molar-refractivity contribution in [3.8, 4) is 6.07 Å². The molecule has 1 aliphatic heterocycles. The second kappa shape index (κ2) is 7.06. The van der Waals surface area contributed by atoms with Crippen LogP contribution in [-0.2, 0) is 23.2 Å². The quantitative estimate of drug-likeness (QED) is 0.756. The van der Waals surface area contributed by atoms with E-state index in [0.29, 0.717) is 10.1 Å². The largest absolute Gasteiger partial charge is 0.451 e. The number of rotatable bonds is 3. The summed E-state index contributed by atoms with van der Waals surface area (Å²) in [6.07, 6.45) is -4.44. The first kappa shape index (κ1) is 20.1. The van der Waals surface area contributed by atoms with Crippen molar-refractivity contribution in [2.24, 2.45) is 7.05 Å². The summed E-state index contributed by atoms with van der Waals surface area (Å²) in [6, 6.07) is 6.73. The average molecular weight is 415 g/mol. The van der Waals surface area contributed by atoms with Gasteiger partial charge in [-0.05, 0) is 37.1 Å². The molecule has 1 aliphatic rings. The Balaban J connectivity index is 1.78. The summed E-state index contributed by atoms with van der Waals surface area (Å²) in [4.78, 5) is 12.1. The molecule has 0 radical (unpaired) electrons. The highest BCUT2D eigenvalue weighted by molar-refractivity contribution is 7.89. The van der Waals surface area contributed by atoms with Crippen LogP contribution in [0.3, 0.4) is 0 Å². The molecule has 150 valence electrons. The van der Waals surface area contributed by atoms with Gasteiger partial charge in [0.15, 0.2) is 0 Å². The van der Waals surface area contributed by atoms with E-state index in [1.807, 2.05) is 6.07 Å². The SMILES string of the molecule is Cn1c(C(F)(F)F)nn(C2CCN(S(=O)(=O)c3ccc(C#N)cc3)CC2)c1=O. The van der Waals surface area contributed by atoms with Gasteiger partial charge in [0.2, 0.25) is 15.8 Å². The third kappa shape index (κ3) is 3.55. The van der Waals surface area contributed by atoms with Gasteiger partial charge in [0.1, 0.15) is 0 Å². The van der Waals surface area contributed by atoms with Crippen LogP contribution in [0.1, 0.15) is 30.3 Å². The Bertz CT molecular complexity index is 1070. The van der Waals surface area contributed by atoms with Crippen molar-refractivity contribution in [2.45, 2.75) is 30.0 Å². The predicted molar refractivity (Wildman–Crippen MR) is 90.7 cm³/mol. The normalized spacial score (nSPS) is 16.8. The monoisotopic (exact) mass is 415 g/mol. The molecule has 0 aliphatic carbocycles. The van der Waals surface area contributed by atoms with Crippen LogP contribution in [0.2, 0.25) is 0 Å². The van der Waals surface area contributed by atoms with Crippen LogP contribution < -0.4 is 5.69 Å². The van der Waals surface area contributed by atoms with Gasteiger partial charge < -0.3 is 0 Å². The zero-order valence-corrected chi connectivity index (χ0v) is 15.5. The molecule has 12 heteroatoms. The molecule has 1 aromatic carbocycles. The van der Waals surface area contributed by atoms with Crippen LogP contribution in [-0.4, -0.2) is 40.2 Å². The first-order valence-electron chi connectivity index (χ1n) is 8.28. The first-order valence-corrected chi connectivity index (χ1v) is 9.72. The van der Waals surface area contributed by atoms with Gasteiger partial charge in [0.05, 0.1) is 22.6 Å². The number of halogens is 3. The number of sulfonamides is 1. The molecule has 0 N–H and O–H groups in total. The summed E-state index contributed by atoms with van der Waals surface area (Å²) in [5.74, 6) is -1.29. The molecular formula is C16H16F3N5O3S. The molecule has 8 nitrogen and oxygen atoms in total. The maximum Gasteiger partial charge on any atom is 0.451 e. The van der Waals surface area contributed by atoms with Gasteiger partial charge in [-0.25, -0.2) is 17.9 Å². The minimum atomic E-state index is -4.75. The van der Waals surface area contributed by atoms with Crippen molar-refractivity contribution < 1.29 is 21.6 Å². The highest BCUT2D eigenvalue weighted by Crippen LogP contribution is 2.29. The van der Waals surface area contributed by atoms with Gasteiger partial charge in [-0.1, -0.05) is 0 Å². The molecule has 2 heterocycles. The zero-order chi connectivity index (χ0) is 20.7. The van der Waals surface area contributed by atoms with E-state index in [9.17, 15) is 26.4 Å². The standard InChI is InChI=1S/C16H16F3N5O3S/c1-22-14(16(17,18)19)21-24(15(22)25)12-6-8-23(9-7-12)28(26,27)13-4-2-11(10-20)3-5-13/h2-5,12H,6-9H2,1H3. The fourth-order valence-corrected chi connectivity index (χ4v) is 4.59. The lowest BCUT2D eigenvalue weighted by Crippen LogP contribution is -2.41. The van der Waals surface area contributed by atoms with Crippen LogP contribution in [0.4, 0.5) is 13.2 Å². The molecule has 0 saturated carbocycles. The summed E-state index contributed by atoms with van der Waals surface area (Å²) in [7, 11) is -2.80. The van der Waals surface area contributed by atoms with Gasteiger partial charge in [-0.15, -0.1) is 5.10 Å². The minimum Gasteiger partial charge on any atom is -0.274 e. The molecule has 0 spiro atoms. The van der Waals surface area contributed by atoms with Crippen molar-refractivity contribution in [2.75, 3.05) is 13.1 Å². The van der Waals surface area contributed by atoms with Crippen LogP contribution in [0.5, 0.6) is 0 Å². The lowest BCUT2D eigenvalue weighted by Gasteiger charge is -2.30. The van der Waals surface area contributed by atoms with Crippen LogP contribution >= 0.6 is 0 Å². The van der Waals surface area contributed by atoms with E-state index in [2.05, 4.69) is 5.10 Å². The molecule has 28 heavy (non-hydrogen) atoms. The van der Waals surface area contributed by atoms with E-state index >= 15 is 0 Å². The summed E-state index contributed by atoms with van der Waals surface area (Å²) in [5.41, 5.74) is -0.562. The smallest absolute Gasteiger partial charge is 0.274 e. The molecule has 2 aromatic rings. The van der Waals surface area contributed by atoms with E-state index in [-0.39, 0.29) is 30.8 Å². The number of hydrogen-bond donors (Lipinski definition) is 0. The molecule has 1 saturated heterocycles. The minimum absolute atomic E-state index is 0.0271. The predicted octanol–water partition coefficient (Wildman–Crippen LogP) is 1.50. The maximum absolute atomic E-state index is 12.9. The lowest BCUT2D eigenvalue weighted by atomic mass is 10.1. The number of nitriles is 1. The second-order valence-corrected chi connectivity index (χ2v) is 8.32. The third-order valence-electron chi connectivity index (χ3n) is 4.65. The Labute approximate surface area is 158 Å². The summed E-state index contributed by atoms with van der Waals surface area (Å²) in [5, 5.41) is 12.2. The average Bonchev–Trinajstić information content (AvgIpc) is 2.97. The fourth-order valence-electron chi connectivity index (χ4n) is 3.12. The zero-order valence-electron chi connectivity index (χ0n) is 14.7. The number of alkyl halides is 3. The first-order chi connectivity index (χ1) is 13.1. The number of nitrogens with zero attached hydrogens (tertiary/aromatic N) is 5. The Kier molecular flexibility index (Phi) is 5.07. The van der Waals surface area contributed by atoms with Gasteiger partial charge >= 0.3 is 11.9 Å². The lowest BCUT2D eigenvalue weighted by molar-refractivity contribution is -0.147. The fraction of sp³-hybridized carbons (Fsp3) is 0.438. The molecule has 1 aromatic heterocycles. The number of piperidine rings is 1. The van der Waals surface area contributed by atoms with E-state index in [1.165, 1.54) is 28.6 Å². The van der Waals surface area contributed by atoms with E-state index in [4.69, 9.17) is 5.26 Å². The maximum atomic E-state index is 12.9. The number of benzene rings is 1. The molecule has 0 amide bonds. The molecular weight excluding hydrogens is 399 g/mol. The highest BCUT2D eigenvalue weighted by Gasteiger charge is 2.39. The van der Waals surface area contributed by atoms with E-state index in [0.717, 1.165) is 11.7 Å². The number of aromatic nitrogens is 3. The van der Waals surface area contributed by atoms with Crippen LogP contribution in [0.15, 0.2) is 34.0 Å². The van der Waals surface area contributed by atoms with Crippen LogP contribution in [0, 0.1) is 11.3 Å². The van der Waals surface area contributed by atoms with Crippen molar-refractivity contribution in [1.82, 2.24) is 18.7 Å². The molecule has 1 fully saturated rings. The van der Waals surface area contributed by atoms with Gasteiger partial charge in [0, 0.05) is 20.1 Å². The van der Waals surface area contributed by atoms with Gasteiger partial charge in [-0.3, -0.25) is 4.57 Å². The Morgan fingerprint density at radius 1 is 1.18 bits per heavy atom. The molecule has 3 rings (SSSR count). The summed E-state index contributed by atoms with van der Waals surface area (Å²) in [6.45, 7) is 0.0781. The molecule has 0 atom stereocenters. The Hall–Kier alpha value is -2.65. The third-order valence-corrected chi connectivity index (χ3v) is 6.56. The van der Waals surface area contributed by atoms with E-state index < -0.39 is 33.8 Å². The van der Waals surface area contributed by atoms with E-state index in [1.54, 1.807) is 0 Å². The highest BCUT2D eigenvalue weighted by atomic mass is 32.2. The summed E-state index contributed by atoms with van der Waals surface area (Å²) >= 11 is 0. The summed E-state index contributed by atoms with van der Waals surface area (Å²) < 4.78 is 66.6. The molecule has 0 unspecified atom stereocenters. The second-order valence-electron chi connectivity index (χ2n) is 6.38. The van der Waals surface area contributed by atoms with Gasteiger partial charge in [0.25, 0.3) is 0 Å². The van der Waals surface area contributed by atoms with Crippen molar-refractivity contribution in [3.05, 3.63) is 46.1 Å². The Morgan fingerprint density at radius 3 is 2.21 bits per heavy atom. The topological polar surface area (TPSA) is 101 Å². The number of hydrogen-bond acceptors (Lipinski definition) is 5. The van der Waals surface area contributed by atoms with Gasteiger partial charge in [-0.2, -0.15) is 22.7 Å². The van der Waals surface area contributed by atoms with Crippen molar-refractivity contribution in [1.29, 1.82) is 5.26 Å². The van der Waals surface area contributed by atoms with Crippen molar-refractivity contribution in [3.63, 3.8) is 0 Å². The Morgan fingerprint density at radius 2 is 1.75 bits per heavy atom. The molecule has 0 bridgehead atoms.